The van der Waals surface area contributed by atoms with E-state index in [4.69, 9.17) is 5.11 Å². The summed E-state index contributed by atoms with van der Waals surface area (Å²) in [6.45, 7) is 0.758. The first-order chi connectivity index (χ1) is 8.56. The summed E-state index contributed by atoms with van der Waals surface area (Å²) >= 11 is 1.41. The van der Waals surface area contributed by atoms with Crippen LogP contribution in [0.2, 0.25) is 0 Å². The van der Waals surface area contributed by atoms with Crippen molar-refractivity contribution in [2.45, 2.75) is 25.3 Å². The fourth-order valence-corrected chi connectivity index (χ4v) is 2.63. The largest absolute Gasteiger partial charge is 0.481 e. The van der Waals surface area contributed by atoms with Crippen molar-refractivity contribution in [3.05, 3.63) is 11.1 Å². The van der Waals surface area contributed by atoms with Gasteiger partial charge in [0, 0.05) is 25.4 Å². The highest BCUT2D eigenvalue weighted by Gasteiger charge is 2.29. The SMILES string of the molecule is CN1CCC(Nc2nc(CCC(=O)O)cs2)C1=O. The number of likely N-dealkylation sites (N-methyl/N-ethyl adjacent to an activating group) is 1. The first-order valence-corrected chi connectivity index (χ1v) is 6.62. The van der Waals surface area contributed by atoms with Crippen molar-refractivity contribution in [3.63, 3.8) is 0 Å². The molecule has 1 aromatic rings. The summed E-state index contributed by atoms with van der Waals surface area (Å²) in [5, 5.41) is 14.2. The zero-order chi connectivity index (χ0) is 13.1. The Morgan fingerprint density at radius 3 is 3.11 bits per heavy atom. The summed E-state index contributed by atoms with van der Waals surface area (Å²) in [7, 11) is 1.78. The van der Waals surface area contributed by atoms with Gasteiger partial charge in [-0.1, -0.05) is 0 Å². The molecule has 0 aliphatic carbocycles. The van der Waals surface area contributed by atoms with Gasteiger partial charge in [0.05, 0.1) is 12.1 Å². The Kier molecular flexibility index (Phi) is 3.81. The molecule has 0 aromatic carbocycles. The van der Waals surface area contributed by atoms with Crippen LogP contribution in [0, 0.1) is 0 Å². The van der Waals surface area contributed by atoms with Crippen LogP contribution in [-0.4, -0.2) is 46.5 Å². The Morgan fingerprint density at radius 2 is 2.50 bits per heavy atom. The topological polar surface area (TPSA) is 82.5 Å². The lowest BCUT2D eigenvalue weighted by Gasteiger charge is -2.10. The monoisotopic (exact) mass is 269 g/mol. The van der Waals surface area contributed by atoms with Gasteiger partial charge in [0.25, 0.3) is 0 Å². The number of carbonyl (C=O) groups excluding carboxylic acids is 1. The van der Waals surface area contributed by atoms with Gasteiger partial charge in [-0.3, -0.25) is 9.59 Å². The average Bonchev–Trinajstić information content (AvgIpc) is 2.89. The van der Waals surface area contributed by atoms with E-state index in [2.05, 4.69) is 10.3 Å². The summed E-state index contributed by atoms with van der Waals surface area (Å²) in [6, 6.07) is -0.200. The van der Waals surface area contributed by atoms with Crippen LogP contribution in [0.3, 0.4) is 0 Å². The maximum atomic E-state index is 11.7. The number of nitrogens with zero attached hydrogens (tertiary/aromatic N) is 2. The molecule has 2 rings (SSSR count). The number of carboxylic acid groups (broad SMARTS) is 1. The number of aliphatic carboxylic acids is 1. The molecule has 98 valence electrons. The fourth-order valence-electron chi connectivity index (χ4n) is 1.83. The number of carbonyl (C=O) groups is 2. The van der Waals surface area contributed by atoms with Crippen LogP contribution in [0.1, 0.15) is 18.5 Å². The van der Waals surface area contributed by atoms with Crippen molar-refractivity contribution in [1.82, 2.24) is 9.88 Å². The number of anilines is 1. The lowest BCUT2D eigenvalue weighted by molar-refractivity contribution is -0.137. The smallest absolute Gasteiger partial charge is 0.303 e. The minimum Gasteiger partial charge on any atom is -0.481 e. The van der Waals surface area contributed by atoms with Crippen molar-refractivity contribution in [2.24, 2.45) is 0 Å². The van der Waals surface area contributed by atoms with E-state index in [-0.39, 0.29) is 18.4 Å². The average molecular weight is 269 g/mol. The van der Waals surface area contributed by atoms with E-state index in [1.54, 1.807) is 11.9 Å². The maximum absolute atomic E-state index is 11.7. The van der Waals surface area contributed by atoms with Gasteiger partial charge >= 0.3 is 5.97 Å². The molecule has 18 heavy (non-hydrogen) atoms. The van der Waals surface area contributed by atoms with Crippen LogP contribution in [0.15, 0.2) is 5.38 Å². The summed E-state index contributed by atoms with van der Waals surface area (Å²) in [5.74, 6) is -0.748. The van der Waals surface area contributed by atoms with Crippen molar-refractivity contribution in [3.8, 4) is 0 Å². The zero-order valence-corrected chi connectivity index (χ0v) is 10.9. The highest BCUT2D eigenvalue weighted by Crippen LogP contribution is 2.20. The molecule has 0 bridgehead atoms. The van der Waals surface area contributed by atoms with Crippen molar-refractivity contribution < 1.29 is 14.7 Å². The number of thiazole rings is 1. The lowest BCUT2D eigenvalue weighted by atomic mass is 10.2. The molecule has 2 N–H and O–H groups in total. The van der Waals surface area contributed by atoms with Crippen LogP contribution in [0.4, 0.5) is 5.13 Å². The first-order valence-electron chi connectivity index (χ1n) is 5.74. The second kappa shape index (κ2) is 5.34. The van der Waals surface area contributed by atoms with Gasteiger partial charge in [0.15, 0.2) is 5.13 Å². The van der Waals surface area contributed by atoms with Gasteiger partial charge in [-0.05, 0) is 6.42 Å². The van der Waals surface area contributed by atoms with Gasteiger partial charge in [-0.25, -0.2) is 4.98 Å². The Labute approximate surface area is 109 Å². The van der Waals surface area contributed by atoms with Crippen LogP contribution >= 0.6 is 11.3 Å². The van der Waals surface area contributed by atoms with Crippen LogP contribution in [0.25, 0.3) is 0 Å². The quantitative estimate of drug-likeness (QED) is 0.826. The highest BCUT2D eigenvalue weighted by atomic mass is 32.1. The predicted octanol–water partition coefficient (Wildman–Crippen LogP) is 0.803. The summed E-state index contributed by atoms with van der Waals surface area (Å²) in [5.41, 5.74) is 0.753. The van der Waals surface area contributed by atoms with E-state index in [1.165, 1.54) is 11.3 Å². The summed E-state index contributed by atoms with van der Waals surface area (Å²) in [4.78, 5) is 28.1. The van der Waals surface area contributed by atoms with Crippen LogP contribution in [-0.2, 0) is 16.0 Å². The standard InChI is InChI=1S/C11H15N3O3S/c1-14-5-4-8(10(14)17)13-11-12-7(6-18-11)2-3-9(15)16/h6,8H,2-5H2,1H3,(H,12,13)(H,15,16). The molecule has 0 saturated carbocycles. The molecule has 1 amide bonds. The molecule has 1 aliphatic heterocycles. The molecule has 7 heteroatoms. The van der Waals surface area contributed by atoms with E-state index in [9.17, 15) is 9.59 Å². The number of hydrogen-bond acceptors (Lipinski definition) is 5. The third-order valence-electron chi connectivity index (χ3n) is 2.87. The van der Waals surface area contributed by atoms with Gasteiger partial charge in [0.1, 0.15) is 6.04 Å². The van der Waals surface area contributed by atoms with E-state index in [0.29, 0.717) is 11.6 Å². The third-order valence-corrected chi connectivity index (χ3v) is 3.69. The second-order valence-electron chi connectivity index (χ2n) is 4.28. The third kappa shape index (κ3) is 2.98. The molecule has 6 nitrogen and oxygen atoms in total. The molecule has 1 fully saturated rings. The number of hydrogen-bond donors (Lipinski definition) is 2. The van der Waals surface area contributed by atoms with E-state index in [1.807, 2.05) is 5.38 Å². The number of carboxylic acids is 1. The van der Waals surface area contributed by atoms with Crippen molar-refractivity contribution >= 4 is 28.3 Å². The number of amides is 1. The molecular formula is C11H15N3O3S. The molecular weight excluding hydrogens is 254 g/mol. The van der Waals surface area contributed by atoms with Crippen molar-refractivity contribution in [1.29, 1.82) is 0 Å². The molecule has 1 aromatic heterocycles. The number of nitrogens with one attached hydrogen (secondary N) is 1. The normalized spacial score (nSPS) is 19.3. The number of aromatic nitrogens is 1. The Morgan fingerprint density at radius 1 is 1.72 bits per heavy atom. The van der Waals surface area contributed by atoms with Gasteiger partial charge in [0.2, 0.25) is 5.91 Å². The van der Waals surface area contributed by atoms with Crippen molar-refractivity contribution in [2.75, 3.05) is 18.9 Å². The van der Waals surface area contributed by atoms with E-state index in [0.717, 1.165) is 18.7 Å². The number of aryl methyl sites for hydroxylation is 1. The fraction of sp³-hybridized carbons (Fsp3) is 0.545. The molecule has 0 radical (unpaired) electrons. The van der Waals surface area contributed by atoms with Crippen LogP contribution < -0.4 is 5.32 Å². The Bertz CT molecular complexity index is 460. The zero-order valence-electron chi connectivity index (χ0n) is 10.0. The molecule has 1 aliphatic rings. The Balaban J connectivity index is 1.90. The molecule has 1 atom stereocenters. The predicted molar refractivity (Wildman–Crippen MR) is 67.7 cm³/mol. The minimum absolute atomic E-state index is 0.0776. The molecule has 0 spiro atoms. The highest BCUT2D eigenvalue weighted by molar-refractivity contribution is 7.13. The number of likely N-dealkylation sites (tertiary alicyclic amines) is 1. The molecule has 2 heterocycles. The molecule has 1 unspecified atom stereocenters. The van der Waals surface area contributed by atoms with Gasteiger partial charge in [-0.2, -0.15) is 0 Å². The second-order valence-corrected chi connectivity index (χ2v) is 5.14. The molecule has 1 saturated heterocycles. The van der Waals surface area contributed by atoms with Gasteiger partial charge in [-0.15, -0.1) is 11.3 Å². The van der Waals surface area contributed by atoms with Crippen LogP contribution in [0.5, 0.6) is 0 Å². The summed E-state index contributed by atoms with van der Waals surface area (Å²) < 4.78 is 0. The maximum Gasteiger partial charge on any atom is 0.303 e. The van der Waals surface area contributed by atoms with E-state index < -0.39 is 5.97 Å². The van der Waals surface area contributed by atoms with Gasteiger partial charge < -0.3 is 15.3 Å². The summed E-state index contributed by atoms with van der Waals surface area (Å²) in [6.07, 6.45) is 1.28. The van der Waals surface area contributed by atoms with E-state index >= 15 is 0 Å². The Hall–Kier alpha value is -1.63. The number of rotatable bonds is 5. The first kappa shape index (κ1) is 12.8. The lowest BCUT2D eigenvalue weighted by Crippen LogP contribution is -2.30. The minimum atomic E-state index is -0.829.